The van der Waals surface area contributed by atoms with Gasteiger partial charge in [-0.3, -0.25) is 0 Å². The summed E-state index contributed by atoms with van der Waals surface area (Å²) in [6.07, 6.45) is 9.83. The standard InChI is InChI=1S/C15H23ClN2O/c1-3-7-12-14(16)17-10-18-15(12)19-13-9-6-5-8-11(13)4-2/h10-11,13H,3-9H2,1-2H3. The van der Waals surface area contributed by atoms with Crippen LogP contribution < -0.4 is 4.74 Å². The molecule has 0 bridgehead atoms. The zero-order chi connectivity index (χ0) is 13.7. The number of hydrogen-bond donors (Lipinski definition) is 0. The Labute approximate surface area is 120 Å². The van der Waals surface area contributed by atoms with Gasteiger partial charge in [0.2, 0.25) is 5.88 Å². The van der Waals surface area contributed by atoms with Gasteiger partial charge in [0, 0.05) is 0 Å². The van der Waals surface area contributed by atoms with Crippen molar-refractivity contribution in [1.82, 2.24) is 9.97 Å². The number of nitrogens with zero attached hydrogens (tertiary/aromatic N) is 2. The summed E-state index contributed by atoms with van der Waals surface area (Å²) in [4.78, 5) is 8.37. The van der Waals surface area contributed by atoms with Crippen molar-refractivity contribution in [2.24, 2.45) is 5.92 Å². The number of halogens is 1. The molecule has 106 valence electrons. The summed E-state index contributed by atoms with van der Waals surface area (Å²) in [5.74, 6) is 1.35. The largest absolute Gasteiger partial charge is 0.474 e. The van der Waals surface area contributed by atoms with E-state index < -0.39 is 0 Å². The maximum absolute atomic E-state index is 6.19. The molecule has 0 aliphatic heterocycles. The third-order valence-electron chi connectivity index (χ3n) is 3.98. The molecule has 19 heavy (non-hydrogen) atoms. The molecule has 2 rings (SSSR count). The van der Waals surface area contributed by atoms with Gasteiger partial charge in [-0.1, -0.05) is 38.3 Å². The third kappa shape index (κ3) is 3.59. The highest BCUT2D eigenvalue weighted by atomic mass is 35.5. The number of rotatable bonds is 5. The van der Waals surface area contributed by atoms with Crippen LogP contribution in [0.15, 0.2) is 6.33 Å². The molecule has 0 N–H and O–H groups in total. The molecule has 0 spiro atoms. The van der Waals surface area contributed by atoms with Crippen molar-refractivity contribution in [3.05, 3.63) is 17.0 Å². The van der Waals surface area contributed by atoms with E-state index in [9.17, 15) is 0 Å². The van der Waals surface area contributed by atoms with Gasteiger partial charge in [0.15, 0.2) is 0 Å². The molecule has 1 aliphatic rings. The molecular formula is C15H23ClN2O. The number of ether oxygens (including phenoxy) is 1. The molecule has 1 fully saturated rings. The maximum Gasteiger partial charge on any atom is 0.221 e. The predicted octanol–water partition coefficient (Wildman–Crippen LogP) is 4.43. The molecule has 1 saturated carbocycles. The van der Waals surface area contributed by atoms with Crippen molar-refractivity contribution in [2.45, 2.75) is 64.9 Å². The Morgan fingerprint density at radius 1 is 1.26 bits per heavy atom. The molecule has 1 heterocycles. The molecule has 1 aromatic heterocycles. The molecule has 4 heteroatoms. The van der Waals surface area contributed by atoms with Crippen LogP contribution in [0.3, 0.4) is 0 Å². The summed E-state index contributed by atoms with van der Waals surface area (Å²) >= 11 is 6.17. The molecule has 0 saturated heterocycles. The first-order valence-electron chi connectivity index (χ1n) is 7.42. The van der Waals surface area contributed by atoms with Gasteiger partial charge in [0.25, 0.3) is 0 Å². The summed E-state index contributed by atoms with van der Waals surface area (Å²) < 4.78 is 6.19. The van der Waals surface area contributed by atoms with E-state index in [-0.39, 0.29) is 0 Å². The molecule has 0 radical (unpaired) electrons. The minimum atomic E-state index is 0.292. The molecule has 3 nitrogen and oxygen atoms in total. The Kier molecular flexibility index (Phi) is 5.44. The van der Waals surface area contributed by atoms with Crippen molar-refractivity contribution in [3.63, 3.8) is 0 Å². The Balaban J connectivity index is 2.15. The highest BCUT2D eigenvalue weighted by molar-refractivity contribution is 6.30. The zero-order valence-electron chi connectivity index (χ0n) is 11.9. The van der Waals surface area contributed by atoms with E-state index >= 15 is 0 Å². The van der Waals surface area contributed by atoms with Crippen LogP contribution in [0.4, 0.5) is 0 Å². The lowest BCUT2D eigenvalue weighted by molar-refractivity contribution is 0.0846. The first-order chi connectivity index (χ1) is 9.26. The van der Waals surface area contributed by atoms with Gasteiger partial charge < -0.3 is 4.74 Å². The topological polar surface area (TPSA) is 35.0 Å². The second-order valence-corrected chi connectivity index (χ2v) is 5.67. The average molecular weight is 283 g/mol. The van der Waals surface area contributed by atoms with Crippen molar-refractivity contribution in [2.75, 3.05) is 0 Å². The fourth-order valence-corrected chi connectivity index (χ4v) is 3.10. The normalized spacial score (nSPS) is 23.3. The fraction of sp³-hybridized carbons (Fsp3) is 0.733. The molecule has 0 aromatic carbocycles. The highest BCUT2D eigenvalue weighted by Gasteiger charge is 2.26. The number of aromatic nitrogens is 2. The first kappa shape index (κ1) is 14.6. The fourth-order valence-electron chi connectivity index (χ4n) is 2.88. The van der Waals surface area contributed by atoms with E-state index in [1.165, 1.54) is 32.0 Å². The lowest BCUT2D eigenvalue weighted by atomic mass is 9.85. The summed E-state index contributed by atoms with van der Waals surface area (Å²) in [7, 11) is 0. The SMILES string of the molecule is CCCc1c(Cl)ncnc1OC1CCCCC1CC. The van der Waals surface area contributed by atoms with Crippen LogP contribution >= 0.6 is 11.6 Å². The molecule has 2 unspecified atom stereocenters. The van der Waals surface area contributed by atoms with Crippen LogP contribution in [0, 0.1) is 5.92 Å². The summed E-state index contributed by atoms with van der Waals surface area (Å²) in [5.41, 5.74) is 0.965. The van der Waals surface area contributed by atoms with E-state index in [4.69, 9.17) is 16.3 Å². The smallest absolute Gasteiger partial charge is 0.221 e. The Bertz CT molecular complexity index is 411. The quantitative estimate of drug-likeness (QED) is 0.749. The Morgan fingerprint density at radius 2 is 2.05 bits per heavy atom. The summed E-state index contributed by atoms with van der Waals surface area (Å²) in [5, 5.41) is 0.538. The molecule has 2 atom stereocenters. The molecule has 1 aromatic rings. The minimum absolute atomic E-state index is 0.292. The van der Waals surface area contributed by atoms with E-state index in [1.807, 2.05) is 0 Å². The van der Waals surface area contributed by atoms with Gasteiger partial charge in [-0.2, -0.15) is 0 Å². The molecular weight excluding hydrogens is 260 g/mol. The first-order valence-corrected chi connectivity index (χ1v) is 7.80. The summed E-state index contributed by atoms with van der Waals surface area (Å²) in [6, 6.07) is 0. The van der Waals surface area contributed by atoms with Crippen molar-refractivity contribution >= 4 is 11.6 Å². The van der Waals surface area contributed by atoms with Crippen molar-refractivity contribution in [1.29, 1.82) is 0 Å². The minimum Gasteiger partial charge on any atom is -0.474 e. The van der Waals surface area contributed by atoms with Crippen LogP contribution in [0.1, 0.15) is 57.9 Å². The second-order valence-electron chi connectivity index (χ2n) is 5.31. The lowest BCUT2D eigenvalue weighted by Gasteiger charge is -2.31. The van der Waals surface area contributed by atoms with E-state index in [0.29, 0.717) is 23.1 Å². The second kappa shape index (κ2) is 7.09. The summed E-state index contributed by atoms with van der Waals surface area (Å²) in [6.45, 7) is 4.37. The van der Waals surface area contributed by atoms with Crippen molar-refractivity contribution in [3.8, 4) is 5.88 Å². The van der Waals surface area contributed by atoms with Gasteiger partial charge in [-0.25, -0.2) is 9.97 Å². The third-order valence-corrected chi connectivity index (χ3v) is 4.31. The van der Waals surface area contributed by atoms with Gasteiger partial charge in [0.05, 0.1) is 5.56 Å². The maximum atomic E-state index is 6.19. The van der Waals surface area contributed by atoms with Gasteiger partial charge in [-0.05, 0) is 38.0 Å². The van der Waals surface area contributed by atoms with E-state index in [0.717, 1.165) is 24.8 Å². The van der Waals surface area contributed by atoms with Crippen LogP contribution in [-0.4, -0.2) is 16.1 Å². The number of hydrogen-bond acceptors (Lipinski definition) is 3. The monoisotopic (exact) mass is 282 g/mol. The van der Waals surface area contributed by atoms with Gasteiger partial charge in [0.1, 0.15) is 17.6 Å². The van der Waals surface area contributed by atoms with Crippen LogP contribution in [0.5, 0.6) is 5.88 Å². The van der Waals surface area contributed by atoms with Gasteiger partial charge in [-0.15, -0.1) is 0 Å². The highest BCUT2D eigenvalue weighted by Crippen LogP contribution is 2.32. The van der Waals surface area contributed by atoms with Crippen molar-refractivity contribution < 1.29 is 4.74 Å². The van der Waals surface area contributed by atoms with Crippen LogP contribution in [0.25, 0.3) is 0 Å². The van der Waals surface area contributed by atoms with Gasteiger partial charge >= 0.3 is 0 Å². The predicted molar refractivity (Wildman–Crippen MR) is 77.7 cm³/mol. The Hall–Kier alpha value is -0.830. The lowest BCUT2D eigenvalue weighted by Crippen LogP contribution is -2.30. The zero-order valence-corrected chi connectivity index (χ0v) is 12.6. The van der Waals surface area contributed by atoms with E-state index in [2.05, 4.69) is 23.8 Å². The van der Waals surface area contributed by atoms with Crippen LogP contribution in [0.2, 0.25) is 5.15 Å². The Morgan fingerprint density at radius 3 is 2.79 bits per heavy atom. The molecule has 1 aliphatic carbocycles. The van der Waals surface area contributed by atoms with Crippen LogP contribution in [-0.2, 0) is 6.42 Å². The average Bonchev–Trinajstić information content (AvgIpc) is 2.43. The molecule has 0 amide bonds. The van der Waals surface area contributed by atoms with E-state index in [1.54, 1.807) is 0 Å².